The number of esters is 1. The molecule has 0 aliphatic carbocycles. The molecule has 0 aliphatic rings. The first-order valence-electron chi connectivity index (χ1n) is 5.89. The van der Waals surface area contributed by atoms with E-state index in [2.05, 4.69) is 9.46 Å². The highest BCUT2D eigenvalue weighted by Crippen LogP contribution is 2.27. The monoisotopic (exact) mass is 313 g/mol. The van der Waals surface area contributed by atoms with Crippen molar-refractivity contribution in [3.05, 3.63) is 34.4 Å². The highest BCUT2D eigenvalue weighted by Gasteiger charge is 2.17. The molecule has 0 aromatic heterocycles. The van der Waals surface area contributed by atoms with Crippen LogP contribution in [0.25, 0.3) is 0 Å². The van der Waals surface area contributed by atoms with Crippen molar-refractivity contribution >= 4 is 29.6 Å². The smallest absolute Gasteiger partial charge is 0.305 e. The Morgan fingerprint density at radius 1 is 1.43 bits per heavy atom. The van der Waals surface area contributed by atoms with Gasteiger partial charge in [-0.25, -0.2) is 0 Å². The van der Waals surface area contributed by atoms with Gasteiger partial charge in [0.05, 0.1) is 24.0 Å². The number of carboxylic acid groups (broad SMARTS) is 1. The minimum atomic E-state index is -1.40. The fourth-order valence-electron chi connectivity index (χ4n) is 1.42. The van der Waals surface area contributed by atoms with E-state index in [1.54, 1.807) is 6.07 Å². The highest BCUT2D eigenvalue weighted by molar-refractivity contribution is 7.97. The molecule has 1 aromatic rings. The van der Waals surface area contributed by atoms with Gasteiger partial charge in [-0.1, -0.05) is 12.1 Å². The second-order valence-corrected chi connectivity index (χ2v) is 4.81. The van der Waals surface area contributed by atoms with Crippen LogP contribution < -0.4 is 9.83 Å². The SMILES string of the molecule is COC(=O)CC[C@H](NSc1ccccc1[N+](=O)[O-])C(=O)[O-]. The lowest BCUT2D eigenvalue weighted by Gasteiger charge is -2.18. The molecule has 0 unspecified atom stereocenters. The molecule has 21 heavy (non-hydrogen) atoms. The van der Waals surface area contributed by atoms with Crippen molar-refractivity contribution < 1.29 is 24.4 Å². The molecule has 0 amide bonds. The zero-order chi connectivity index (χ0) is 15.8. The maximum Gasteiger partial charge on any atom is 0.305 e. The number of carbonyl (C=O) groups is 2. The average molecular weight is 313 g/mol. The van der Waals surface area contributed by atoms with Crippen LogP contribution in [0.15, 0.2) is 29.2 Å². The maximum absolute atomic E-state index is 11.0. The van der Waals surface area contributed by atoms with Crippen LogP contribution in [0.5, 0.6) is 0 Å². The second-order valence-electron chi connectivity index (χ2n) is 3.93. The molecule has 0 saturated carbocycles. The van der Waals surface area contributed by atoms with E-state index in [1.165, 1.54) is 25.3 Å². The number of nitro benzene ring substituents is 1. The summed E-state index contributed by atoms with van der Waals surface area (Å²) >= 11 is 0.806. The summed E-state index contributed by atoms with van der Waals surface area (Å²) < 4.78 is 6.97. The number of nitro groups is 1. The average Bonchev–Trinajstić information content (AvgIpc) is 2.46. The molecule has 8 nitrogen and oxygen atoms in total. The predicted molar refractivity (Wildman–Crippen MR) is 72.1 cm³/mol. The van der Waals surface area contributed by atoms with Gasteiger partial charge in [0, 0.05) is 12.5 Å². The fourth-order valence-corrected chi connectivity index (χ4v) is 2.30. The van der Waals surface area contributed by atoms with Crippen LogP contribution in [0.2, 0.25) is 0 Å². The Hall–Kier alpha value is -2.13. The largest absolute Gasteiger partial charge is 0.548 e. The van der Waals surface area contributed by atoms with Gasteiger partial charge in [-0.3, -0.25) is 19.6 Å². The van der Waals surface area contributed by atoms with Crippen molar-refractivity contribution in [1.82, 2.24) is 4.72 Å². The van der Waals surface area contributed by atoms with Crippen LogP contribution in [-0.4, -0.2) is 30.0 Å². The van der Waals surface area contributed by atoms with Crippen molar-refractivity contribution in [3.8, 4) is 0 Å². The number of rotatable bonds is 8. The molecule has 1 aromatic carbocycles. The maximum atomic E-state index is 11.0. The molecular formula is C12H13N2O6S-. The number of nitrogens with zero attached hydrogens (tertiary/aromatic N) is 1. The van der Waals surface area contributed by atoms with Crippen molar-refractivity contribution in [2.24, 2.45) is 0 Å². The molecule has 0 saturated heterocycles. The van der Waals surface area contributed by atoms with Gasteiger partial charge < -0.3 is 14.6 Å². The van der Waals surface area contributed by atoms with Crippen LogP contribution in [0, 0.1) is 10.1 Å². The summed E-state index contributed by atoms with van der Waals surface area (Å²) in [5, 5.41) is 21.8. The van der Waals surface area contributed by atoms with E-state index in [1.807, 2.05) is 0 Å². The van der Waals surface area contributed by atoms with Crippen molar-refractivity contribution in [2.75, 3.05) is 7.11 Å². The van der Waals surface area contributed by atoms with Gasteiger partial charge in [0.1, 0.15) is 4.90 Å². The first kappa shape index (κ1) is 16.9. The molecule has 114 valence electrons. The lowest BCUT2D eigenvalue weighted by atomic mass is 10.2. The van der Waals surface area contributed by atoms with Gasteiger partial charge in [0.2, 0.25) is 0 Å². The van der Waals surface area contributed by atoms with Gasteiger partial charge in [0.25, 0.3) is 5.69 Å². The van der Waals surface area contributed by atoms with E-state index in [0.717, 1.165) is 11.9 Å². The lowest BCUT2D eigenvalue weighted by molar-refractivity contribution is -0.387. The van der Waals surface area contributed by atoms with Gasteiger partial charge in [0.15, 0.2) is 0 Å². The van der Waals surface area contributed by atoms with E-state index in [-0.39, 0.29) is 23.4 Å². The zero-order valence-corrected chi connectivity index (χ0v) is 11.9. The minimum absolute atomic E-state index is 0.0390. The van der Waals surface area contributed by atoms with Gasteiger partial charge in [-0.15, -0.1) is 0 Å². The normalized spacial score (nSPS) is 11.7. The number of carbonyl (C=O) groups excluding carboxylic acids is 2. The topological polar surface area (TPSA) is 122 Å². The van der Waals surface area contributed by atoms with E-state index < -0.39 is 22.9 Å². The van der Waals surface area contributed by atoms with Gasteiger partial charge in [-0.2, -0.15) is 0 Å². The molecule has 0 bridgehead atoms. The summed E-state index contributed by atoms with van der Waals surface area (Å²) in [6.45, 7) is 0. The number of aliphatic carboxylic acids is 1. The molecule has 0 spiro atoms. The van der Waals surface area contributed by atoms with Crippen LogP contribution in [0.1, 0.15) is 12.8 Å². The number of ether oxygens (including phenoxy) is 1. The summed E-state index contributed by atoms with van der Waals surface area (Å²) in [6, 6.07) is 4.78. The number of para-hydroxylation sites is 1. The molecule has 0 fully saturated rings. The second kappa shape index (κ2) is 8.22. The molecular weight excluding hydrogens is 300 g/mol. The Balaban J connectivity index is 2.67. The standard InChI is InChI=1S/C12H14N2O6S/c1-20-11(15)7-6-8(12(16)17)13-21-10-5-3-2-4-9(10)14(18)19/h2-5,8,13H,6-7H2,1H3,(H,16,17)/p-1/t8-/m0/s1. The summed E-state index contributed by atoms with van der Waals surface area (Å²) in [5.41, 5.74) is -0.139. The number of carboxylic acids is 1. The first-order chi connectivity index (χ1) is 9.95. The summed E-state index contributed by atoms with van der Waals surface area (Å²) in [5.74, 6) is -1.94. The summed E-state index contributed by atoms with van der Waals surface area (Å²) in [4.78, 5) is 32.5. The van der Waals surface area contributed by atoms with E-state index in [9.17, 15) is 24.8 Å². The minimum Gasteiger partial charge on any atom is -0.548 e. The molecule has 0 radical (unpaired) electrons. The van der Waals surface area contributed by atoms with E-state index >= 15 is 0 Å². The Morgan fingerprint density at radius 3 is 2.67 bits per heavy atom. The van der Waals surface area contributed by atoms with Crippen LogP contribution >= 0.6 is 11.9 Å². The van der Waals surface area contributed by atoms with E-state index in [0.29, 0.717) is 0 Å². The van der Waals surface area contributed by atoms with Crippen LogP contribution in [-0.2, 0) is 14.3 Å². The Kier molecular flexibility index (Phi) is 6.63. The molecule has 1 atom stereocenters. The van der Waals surface area contributed by atoms with Gasteiger partial charge in [-0.05, 0) is 24.4 Å². The number of hydrogen-bond donors (Lipinski definition) is 1. The molecule has 9 heteroatoms. The lowest BCUT2D eigenvalue weighted by Crippen LogP contribution is -2.43. The summed E-state index contributed by atoms with van der Waals surface area (Å²) in [7, 11) is 1.20. The quantitative estimate of drug-likeness (QED) is 0.314. The number of benzene rings is 1. The first-order valence-corrected chi connectivity index (χ1v) is 6.70. The van der Waals surface area contributed by atoms with Crippen molar-refractivity contribution in [2.45, 2.75) is 23.8 Å². The van der Waals surface area contributed by atoms with Crippen molar-refractivity contribution in [1.29, 1.82) is 0 Å². The summed E-state index contributed by atoms with van der Waals surface area (Å²) in [6.07, 6.45) is -0.137. The Morgan fingerprint density at radius 2 is 2.10 bits per heavy atom. The third-order valence-electron chi connectivity index (χ3n) is 2.52. The number of methoxy groups -OCH3 is 1. The molecule has 1 N–H and O–H groups in total. The fraction of sp³-hybridized carbons (Fsp3) is 0.333. The Labute approximate surface area is 124 Å². The van der Waals surface area contributed by atoms with Crippen molar-refractivity contribution in [3.63, 3.8) is 0 Å². The number of hydrogen-bond acceptors (Lipinski definition) is 8. The van der Waals surface area contributed by atoms with Crippen LogP contribution in [0.3, 0.4) is 0 Å². The van der Waals surface area contributed by atoms with Gasteiger partial charge >= 0.3 is 5.97 Å². The third-order valence-corrected chi connectivity index (χ3v) is 3.49. The van der Waals surface area contributed by atoms with E-state index in [4.69, 9.17) is 0 Å². The molecule has 0 aliphatic heterocycles. The Bertz CT molecular complexity index is 536. The number of nitrogens with one attached hydrogen (secondary N) is 1. The highest BCUT2D eigenvalue weighted by atomic mass is 32.2. The third kappa shape index (κ3) is 5.40. The zero-order valence-electron chi connectivity index (χ0n) is 11.1. The predicted octanol–water partition coefficient (Wildman–Crippen LogP) is 0.263. The molecule has 0 heterocycles. The molecule has 1 rings (SSSR count). The van der Waals surface area contributed by atoms with Crippen LogP contribution in [0.4, 0.5) is 5.69 Å².